The number of anilines is 1. The van der Waals surface area contributed by atoms with Crippen LogP contribution in [0.4, 0.5) is 5.82 Å². The fraction of sp³-hybridized carbons (Fsp3) is 0.500. The Morgan fingerprint density at radius 2 is 2.10 bits per heavy atom. The normalized spacial score (nSPS) is 17.0. The Labute approximate surface area is 118 Å². The summed E-state index contributed by atoms with van der Waals surface area (Å²) in [7, 11) is 0. The van der Waals surface area contributed by atoms with E-state index in [-0.39, 0.29) is 30.9 Å². The number of imide groups is 1. The lowest BCUT2D eigenvalue weighted by atomic mass is 10.1. The first-order valence-electron chi connectivity index (χ1n) is 6.87. The van der Waals surface area contributed by atoms with E-state index in [0.717, 1.165) is 18.5 Å². The molecular formula is C14H20N4O2. The Morgan fingerprint density at radius 3 is 2.75 bits per heavy atom. The van der Waals surface area contributed by atoms with E-state index in [0.29, 0.717) is 5.82 Å². The summed E-state index contributed by atoms with van der Waals surface area (Å²) in [5.41, 5.74) is 1.00. The summed E-state index contributed by atoms with van der Waals surface area (Å²) in [5, 5.41) is 5.70. The second-order valence-electron chi connectivity index (χ2n) is 4.92. The Kier molecular flexibility index (Phi) is 4.68. The molecule has 2 heterocycles. The van der Waals surface area contributed by atoms with Gasteiger partial charge < -0.3 is 10.2 Å². The largest absolute Gasteiger partial charge is 0.338 e. The molecule has 0 aliphatic carbocycles. The number of piperazine rings is 1. The van der Waals surface area contributed by atoms with Gasteiger partial charge in [-0.15, -0.1) is 0 Å². The molecule has 1 atom stereocenters. The number of nitrogens with zero attached hydrogens (tertiary/aromatic N) is 2. The van der Waals surface area contributed by atoms with Crippen molar-refractivity contribution in [3.63, 3.8) is 0 Å². The molecule has 108 valence electrons. The lowest BCUT2D eigenvalue weighted by molar-refractivity contribution is -0.130. The number of pyridine rings is 1. The number of carbonyl (C=O) groups excluding carboxylic acids is 2. The predicted molar refractivity (Wildman–Crippen MR) is 76.3 cm³/mol. The van der Waals surface area contributed by atoms with Crippen LogP contribution in [0, 0.1) is 0 Å². The summed E-state index contributed by atoms with van der Waals surface area (Å²) in [6, 6.07) is 3.97. The first kappa shape index (κ1) is 14.5. The van der Waals surface area contributed by atoms with Gasteiger partial charge in [0.05, 0.1) is 13.1 Å². The number of amides is 2. The third kappa shape index (κ3) is 3.33. The van der Waals surface area contributed by atoms with Crippen molar-refractivity contribution in [2.75, 3.05) is 24.5 Å². The van der Waals surface area contributed by atoms with E-state index in [2.05, 4.69) is 29.5 Å². The van der Waals surface area contributed by atoms with Gasteiger partial charge in [0.1, 0.15) is 5.82 Å². The number of rotatable bonds is 5. The molecule has 2 N–H and O–H groups in total. The number of nitrogens with one attached hydrogen (secondary N) is 2. The number of carbonyl (C=O) groups is 2. The maximum atomic E-state index is 11.5. The van der Waals surface area contributed by atoms with Crippen LogP contribution in [-0.4, -0.2) is 36.4 Å². The average molecular weight is 276 g/mol. The number of aromatic nitrogens is 1. The van der Waals surface area contributed by atoms with Crippen molar-refractivity contribution in [2.45, 2.75) is 26.3 Å². The Balaban J connectivity index is 2.22. The van der Waals surface area contributed by atoms with Gasteiger partial charge in [0.25, 0.3) is 0 Å². The van der Waals surface area contributed by atoms with Crippen LogP contribution in [-0.2, 0) is 9.59 Å². The quantitative estimate of drug-likeness (QED) is 0.771. The van der Waals surface area contributed by atoms with Crippen LogP contribution in [0.1, 0.15) is 31.9 Å². The highest BCUT2D eigenvalue weighted by Gasteiger charge is 2.26. The Bertz CT molecular complexity index is 488. The lowest BCUT2D eigenvalue weighted by Crippen LogP contribution is -2.52. The molecule has 6 nitrogen and oxygen atoms in total. The standard InChI is InChI=1S/C14H20N4O2/c1-3-6-15-10(2)11-5-4-7-16-14(11)18-8-12(19)17-13(20)9-18/h4-5,7,10,15H,3,6,8-9H2,1-2H3,(H,17,19,20). The molecule has 0 aromatic carbocycles. The molecule has 0 bridgehead atoms. The van der Waals surface area contributed by atoms with E-state index in [1.54, 1.807) is 11.1 Å². The first-order chi connectivity index (χ1) is 9.61. The molecule has 1 saturated heterocycles. The van der Waals surface area contributed by atoms with Gasteiger partial charge in [-0.05, 0) is 26.0 Å². The number of hydrogen-bond donors (Lipinski definition) is 2. The van der Waals surface area contributed by atoms with E-state index in [4.69, 9.17) is 0 Å². The van der Waals surface area contributed by atoms with Gasteiger partial charge in [0.15, 0.2) is 0 Å². The fourth-order valence-electron chi connectivity index (χ4n) is 2.27. The van der Waals surface area contributed by atoms with Crippen molar-refractivity contribution >= 4 is 17.6 Å². The van der Waals surface area contributed by atoms with E-state index in [1.165, 1.54) is 0 Å². The van der Waals surface area contributed by atoms with Crippen LogP contribution >= 0.6 is 0 Å². The van der Waals surface area contributed by atoms with Crippen molar-refractivity contribution in [1.82, 2.24) is 15.6 Å². The molecule has 0 radical (unpaired) electrons. The van der Waals surface area contributed by atoms with Gasteiger partial charge in [-0.3, -0.25) is 14.9 Å². The maximum absolute atomic E-state index is 11.5. The summed E-state index contributed by atoms with van der Waals surface area (Å²) in [4.78, 5) is 29.1. The van der Waals surface area contributed by atoms with Gasteiger partial charge in [0.2, 0.25) is 11.8 Å². The highest BCUT2D eigenvalue weighted by molar-refractivity contribution is 6.02. The molecule has 2 rings (SSSR count). The smallest absolute Gasteiger partial charge is 0.246 e. The zero-order valence-electron chi connectivity index (χ0n) is 11.8. The molecular weight excluding hydrogens is 256 g/mol. The fourth-order valence-corrected chi connectivity index (χ4v) is 2.27. The molecule has 20 heavy (non-hydrogen) atoms. The molecule has 6 heteroatoms. The van der Waals surface area contributed by atoms with Gasteiger partial charge in [-0.2, -0.15) is 0 Å². The van der Waals surface area contributed by atoms with Crippen molar-refractivity contribution in [3.8, 4) is 0 Å². The summed E-state index contributed by atoms with van der Waals surface area (Å²) in [5.74, 6) is 0.130. The topological polar surface area (TPSA) is 74.3 Å². The van der Waals surface area contributed by atoms with Gasteiger partial charge in [-0.25, -0.2) is 4.98 Å². The first-order valence-corrected chi connectivity index (χ1v) is 6.87. The highest BCUT2D eigenvalue weighted by Crippen LogP contribution is 2.24. The maximum Gasteiger partial charge on any atom is 0.246 e. The minimum absolute atomic E-state index is 0.124. The molecule has 0 saturated carbocycles. The summed E-state index contributed by atoms with van der Waals surface area (Å²) < 4.78 is 0. The molecule has 1 aliphatic rings. The van der Waals surface area contributed by atoms with E-state index < -0.39 is 0 Å². The second kappa shape index (κ2) is 6.47. The molecule has 1 fully saturated rings. The van der Waals surface area contributed by atoms with Crippen LogP contribution in [0.25, 0.3) is 0 Å². The third-order valence-electron chi connectivity index (χ3n) is 3.23. The van der Waals surface area contributed by atoms with E-state index in [1.807, 2.05) is 12.1 Å². The van der Waals surface area contributed by atoms with Gasteiger partial charge in [0, 0.05) is 17.8 Å². The minimum atomic E-state index is -0.285. The monoisotopic (exact) mass is 276 g/mol. The average Bonchev–Trinajstić information content (AvgIpc) is 2.43. The van der Waals surface area contributed by atoms with E-state index >= 15 is 0 Å². The van der Waals surface area contributed by atoms with Crippen molar-refractivity contribution in [1.29, 1.82) is 0 Å². The molecule has 1 aliphatic heterocycles. The summed E-state index contributed by atoms with van der Waals surface area (Å²) >= 11 is 0. The van der Waals surface area contributed by atoms with Crippen molar-refractivity contribution in [2.24, 2.45) is 0 Å². The molecule has 1 aromatic heterocycles. The SMILES string of the molecule is CCCNC(C)c1cccnc1N1CC(=O)NC(=O)C1. The van der Waals surface area contributed by atoms with Crippen LogP contribution in [0.15, 0.2) is 18.3 Å². The van der Waals surface area contributed by atoms with Gasteiger partial charge >= 0.3 is 0 Å². The van der Waals surface area contributed by atoms with Crippen molar-refractivity contribution in [3.05, 3.63) is 23.9 Å². The highest BCUT2D eigenvalue weighted by atomic mass is 16.2. The molecule has 2 amide bonds. The number of hydrogen-bond acceptors (Lipinski definition) is 5. The summed E-state index contributed by atoms with van der Waals surface area (Å²) in [6.07, 6.45) is 2.73. The lowest BCUT2D eigenvalue weighted by Gasteiger charge is -2.29. The van der Waals surface area contributed by atoms with Crippen LogP contribution in [0.5, 0.6) is 0 Å². The van der Waals surface area contributed by atoms with Crippen LogP contribution < -0.4 is 15.5 Å². The molecule has 1 aromatic rings. The van der Waals surface area contributed by atoms with Crippen molar-refractivity contribution < 1.29 is 9.59 Å². The minimum Gasteiger partial charge on any atom is -0.338 e. The third-order valence-corrected chi connectivity index (χ3v) is 3.23. The van der Waals surface area contributed by atoms with E-state index in [9.17, 15) is 9.59 Å². The predicted octanol–water partition coefficient (Wildman–Crippen LogP) is 0.605. The Hall–Kier alpha value is -1.95. The van der Waals surface area contributed by atoms with Crippen LogP contribution in [0.2, 0.25) is 0 Å². The molecule has 0 spiro atoms. The zero-order valence-corrected chi connectivity index (χ0v) is 11.8. The molecule has 1 unspecified atom stereocenters. The second-order valence-corrected chi connectivity index (χ2v) is 4.92. The summed E-state index contributed by atoms with van der Waals surface area (Å²) in [6.45, 7) is 5.40. The Morgan fingerprint density at radius 1 is 1.40 bits per heavy atom. The van der Waals surface area contributed by atoms with Crippen LogP contribution in [0.3, 0.4) is 0 Å². The zero-order chi connectivity index (χ0) is 14.5. The van der Waals surface area contributed by atoms with Gasteiger partial charge in [-0.1, -0.05) is 13.0 Å².